The van der Waals surface area contributed by atoms with Gasteiger partial charge in [-0.05, 0) is 0 Å². The zero-order chi connectivity index (χ0) is 34.0. The van der Waals surface area contributed by atoms with Crippen molar-refractivity contribution >= 4 is 5.97 Å². The number of ether oxygens (including phenoxy) is 5. The molecule has 0 aromatic rings. The average molecular weight is 678 g/mol. The van der Waals surface area contributed by atoms with Gasteiger partial charge < -0.3 is 14.2 Å². The maximum absolute atomic E-state index is 13.6. The predicted molar refractivity (Wildman–Crippen MR) is 85.7 cm³/mol. The third kappa shape index (κ3) is 9.32. The zero-order valence-corrected chi connectivity index (χ0v) is 18.9. The molecule has 0 aromatic heterocycles. The van der Waals surface area contributed by atoms with Crippen LogP contribution in [0.1, 0.15) is 0 Å². The molecule has 250 valence electrons. The molecule has 2 unspecified atom stereocenters. The molecule has 0 radical (unpaired) electrons. The molecule has 42 heavy (non-hydrogen) atoms. The van der Waals surface area contributed by atoms with Crippen LogP contribution >= 0.6 is 0 Å². The van der Waals surface area contributed by atoms with Crippen LogP contribution in [0.2, 0.25) is 0 Å². The van der Waals surface area contributed by atoms with Crippen LogP contribution in [0.25, 0.3) is 0 Å². The second kappa shape index (κ2) is 12.7. The molecule has 26 heteroatoms. The van der Waals surface area contributed by atoms with Crippen LogP contribution in [0.4, 0.5) is 87.8 Å². The minimum absolute atomic E-state index is 0.0605. The molecule has 0 spiro atoms. The Balaban J connectivity index is 5.66. The van der Waals surface area contributed by atoms with Crippen molar-refractivity contribution in [2.75, 3.05) is 13.2 Å². The highest BCUT2D eigenvalue weighted by molar-refractivity contribution is 5.81. The standard InChI is InChI=1S/C16H10F20O6/c1-2-6(37)40-5(3-38-9(19,20)7(17)41-15(33,34)11(23,24)13(27,28)29)4-39-10(21,22)8(18)42-16(35,36)12(25,26)14(30,31)32/h2,5,7-8H,1,3-4H2. The number of alkyl halides is 20. The summed E-state index contributed by atoms with van der Waals surface area (Å²) in [5.74, 6) is -16.5. The highest BCUT2D eigenvalue weighted by Gasteiger charge is 2.77. The van der Waals surface area contributed by atoms with E-state index in [0.717, 1.165) is 0 Å². The van der Waals surface area contributed by atoms with Gasteiger partial charge in [0.05, 0.1) is 13.2 Å². The number of carbonyl (C=O) groups is 1. The lowest BCUT2D eigenvalue weighted by Crippen LogP contribution is -2.56. The first-order valence-corrected chi connectivity index (χ1v) is 9.44. The minimum Gasteiger partial charge on any atom is -0.454 e. The largest absolute Gasteiger partial charge is 0.462 e. The molecular weight excluding hydrogens is 668 g/mol. The van der Waals surface area contributed by atoms with Gasteiger partial charge in [-0.15, -0.1) is 0 Å². The van der Waals surface area contributed by atoms with E-state index in [1.807, 2.05) is 0 Å². The molecule has 2 atom stereocenters. The highest BCUT2D eigenvalue weighted by atomic mass is 19.4. The van der Waals surface area contributed by atoms with E-state index in [-0.39, 0.29) is 6.08 Å². The van der Waals surface area contributed by atoms with E-state index >= 15 is 0 Å². The van der Waals surface area contributed by atoms with E-state index in [4.69, 9.17) is 0 Å². The summed E-state index contributed by atoms with van der Waals surface area (Å²) >= 11 is 0. The van der Waals surface area contributed by atoms with Crippen LogP contribution in [0.3, 0.4) is 0 Å². The lowest BCUT2D eigenvalue weighted by molar-refractivity contribution is -0.467. The van der Waals surface area contributed by atoms with Gasteiger partial charge in [-0.25, -0.2) is 13.6 Å². The fourth-order valence-corrected chi connectivity index (χ4v) is 1.74. The quantitative estimate of drug-likeness (QED) is 0.106. The third-order valence-corrected chi connectivity index (χ3v) is 3.85. The average Bonchev–Trinajstić information content (AvgIpc) is 2.78. The van der Waals surface area contributed by atoms with Crippen molar-refractivity contribution in [2.24, 2.45) is 0 Å². The van der Waals surface area contributed by atoms with Crippen molar-refractivity contribution in [1.82, 2.24) is 0 Å². The van der Waals surface area contributed by atoms with Gasteiger partial charge in [0, 0.05) is 6.08 Å². The first-order chi connectivity index (χ1) is 18.3. The van der Waals surface area contributed by atoms with Gasteiger partial charge in [-0.2, -0.15) is 79.0 Å². The van der Waals surface area contributed by atoms with Crippen LogP contribution in [0.15, 0.2) is 12.7 Å². The van der Waals surface area contributed by atoms with Crippen LogP contribution < -0.4 is 0 Å². The van der Waals surface area contributed by atoms with E-state index in [0.29, 0.717) is 0 Å². The summed E-state index contributed by atoms with van der Waals surface area (Å²) in [4.78, 5) is 11.1. The normalized spacial score (nSPS) is 17.0. The van der Waals surface area contributed by atoms with Gasteiger partial charge >= 0.3 is 54.6 Å². The fourth-order valence-electron chi connectivity index (χ4n) is 1.74. The Bertz CT molecular complexity index is 853. The lowest BCUT2D eigenvalue weighted by Gasteiger charge is -2.31. The van der Waals surface area contributed by atoms with Crippen LogP contribution in [0, 0.1) is 0 Å². The summed E-state index contributed by atoms with van der Waals surface area (Å²) in [6, 6.07) is 0. The molecule has 0 aromatic carbocycles. The van der Waals surface area contributed by atoms with E-state index in [2.05, 4.69) is 30.3 Å². The molecule has 0 heterocycles. The second-order valence-electron chi connectivity index (χ2n) is 7.05. The maximum atomic E-state index is 13.6. The first kappa shape index (κ1) is 39.6. The van der Waals surface area contributed by atoms with E-state index in [9.17, 15) is 92.6 Å². The number of rotatable bonds is 16. The molecule has 0 amide bonds. The molecule has 0 N–H and O–H groups in total. The molecule has 0 aliphatic heterocycles. The van der Waals surface area contributed by atoms with Gasteiger partial charge in [0.2, 0.25) is 0 Å². The summed E-state index contributed by atoms with van der Waals surface area (Å²) in [7, 11) is 0. The predicted octanol–water partition coefficient (Wildman–Crippen LogP) is 6.51. The summed E-state index contributed by atoms with van der Waals surface area (Å²) in [6.45, 7) is -2.09. The van der Waals surface area contributed by atoms with Gasteiger partial charge in [-0.1, -0.05) is 6.58 Å². The van der Waals surface area contributed by atoms with E-state index in [1.165, 1.54) is 0 Å². The monoisotopic (exact) mass is 678 g/mol. The number of halogens is 20. The molecule has 0 fully saturated rings. The maximum Gasteiger partial charge on any atom is 0.462 e. The highest BCUT2D eigenvalue weighted by Crippen LogP contribution is 2.49. The van der Waals surface area contributed by atoms with Crippen molar-refractivity contribution in [1.29, 1.82) is 0 Å². The molecular formula is C16H10F20O6. The van der Waals surface area contributed by atoms with Crippen LogP contribution in [0.5, 0.6) is 0 Å². The Labute approximate surface area is 217 Å². The van der Waals surface area contributed by atoms with Crippen molar-refractivity contribution in [3.8, 4) is 0 Å². The summed E-state index contributed by atoms with van der Waals surface area (Å²) < 4.78 is 270. The van der Waals surface area contributed by atoms with Gasteiger partial charge in [-0.3, -0.25) is 9.47 Å². The van der Waals surface area contributed by atoms with E-state index in [1.54, 1.807) is 0 Å². The summed E-state index contributed by atoms with van der Waals surface area (Å²) in [5, 5.41) is 0. The minimum atomic E-state index is -7.30. The van der Waals surface area contributed by atoms with Crippen molar-refractivity contribution in [3.63, 3.8) is 0 Å². The van der Waals surface area contributed by atoms with Crippen LogP contribution in [-0.2, 0) is 28.5 Å². The number of carbonyl (C=O) groups excluding carboxylic acids is 1. The number of hydrogen-bond donors (Lipinski definition) is 0. The second-order valence-corrected chi connectivity index (χ2v) is 7.05. The lowest BCUT2D eigenvalue weighted by atomic mass is 10.3. The van der Waals surface area contributed by atoms with Gasteiger partial charge in [0.25, 0.3) is 12.7 Å². The van der Waals surface area contributed by atoms with Crippen molar-refractivity contribution in [2.45, 2.75) is 67.5 Å². The number of hydrogen-bond acceptors (Lipinski definition) is 6. The topological polar surface area (TPSA) is 63.2 Å². The van der Waals surface area contributed by atoms with E-state index < -0.39 is 86.6 Å². The van der Waals surface area contributed by atoms with Crippen LogP contribution in [-0.4, -0.2) is 86.6 Å². The van der Waals surface area contributed by atoms with Crippen molar-refractivity contribution in [3.05, 3.63) is 12.7 Å². The molecule has 0 rings (SSSR count). The Morgan fingerprint density at radius 3 is 1.12 bits per heavy atom. The Morgan fingerprint density at radius 1 is 0.595 bits per heavy atom. The smallest absolute Gasteiger partial charge is 0.454 e. The Hall–Kier alpha value is -2.35. The molecule has 0 bridgehead atoms. The Kier molecular flexibility index (Phi) is 12.0. The molecule has 0 saturated heterocycles. The first-order valence-electron chi connectivity index (χ1n) is 9.44. The molecule has 0 aliphatic carbocycles. The fraction of sp³-hybridized carbons (Fsp3) is 0.812. The summed E-state index contributed by atoms with van der Waals surface area (Å²) in [5.41, 5.74) is 0. The molecule has 0 aliphatic rings. The van der Waals surface area contributed by atoms with Crippen molar-refractivity contribution < 1.29 is 116 Å². The summed E-state index contributed by atoms with van der Waals surface area (Å²) in [6.07, 6.45) is -54.0. The number of esters is 1. The zero-order valence-electron chi connectivity index (χ0n) is 18.9. The van der Waals surface area contributed by atoms with Gasteiger partial charge in [0.15, 0.2) is 0 Å². The third-order valence-electron chi connectivity index (χ3n) is 3.85. The molecule has 0 saturated carbocycles. The van der Waals surface area contributed by atoms with Gasteiger partial charge in [0.1, 0.15) is 6.10 Å². The SMILES string of the molecule is C=CC(=O)OC(COC(F)(F)C(F)OC(F)(F)C(F)(F)C(F)(F)F)COC(F)(F)C(F)OC(F)(F)C(F)(F)C(F)(F)F. The Morgan fingerprint density at radius 2 is 0.881 bits per heavy atom. The molecule has 6 nitrogen and oxygen atoms in total.